The van der Waals surface area contributed by atoms with Crippen molar-refractivity contribution in [2.75, 3.05) is 5.75 Å². The summed E-state index contributed by atoms with van der Waals surface area (Å²) >= 11 is 3.40. The van der Waals surface area contributed by atoms with Gasteiger partial charge in [0.25, 0.3) is 0 Å². The molecule has 0 radical (unpaired) electrons. The smallest absolute Gasteiger partial charge is 0.0532 e. The predicted molar refractivity (Wildman–Crippen MR) is 75.6 cm³/mol. The van der Waals surface area contributed by atoms with E-state index in [0.717, 1.165) is 15.8 Å². The molecule has 0 saturated heterocycles. The van der Waals surface area contributed by atoms with Gasteiger partial charge in [-0.15, -0.1) is 0 Å². The van der Waals surface area contributed by atoms with Crippen LogP contribution in [0.5, 0.6) is 0 Å². The summed E-state index contributed by atoms with van der Waals surface area (Å²) < 4.78 is 13.1. The molecule has 1 unspecified atom stereocenters. The molecule has 0 aliphatic heterocycles. The zero-order valence-electron chi connectivity index (χ0n) is 9.30. The number of aryl methyl sites for hydroxylation is 1. The van der Waals surface area contributed by atoms with Gasteiger partial charge in [0.2, 0.25) is 0 Å². The average Bonchev–Trinajstić information content (AvgIpc) is 2.39. The molecule has 2 aromatic carbocycles. The Labute approximate surface area is 112 Å². The van der Waals surface area contributed by atoms with Crippen LogP contribution in [-0.4, -0.2) is 9.96 Å². The third-order valence-corrected chi connectivity index (χ3v) is 4.40. The molecule has 0 aliphatic carbocycles. The Morgan fingerprint density at radius 2 is 1.59 bits per heavy atom. The van der Waals surface area contributed by atoms with Crippen molar-refractivity contribution in [2.45, 2.75) is 11.3 Å². The first-order chi connectivity index (χ1) is 8.25. The Hall–Kier alpha value is -0.930. The van der Waals surface area contributed by atoms with Gasteiger partial charge < -0.3 is 0 Å². The Bertz CT molecular complexity index is 493. The van der Waals surface area contributed by atoms with Crippen molar-refractivity contribution in [1.29, 1.82) is 0 Å². The second-order valence-corrected chi connectivity index (χ2v) is 6.23. The summed E-state index contributed by atoms with van der Waals surface area (Å²) in [5, 5.41) is 0. The molecule has 0 fully saturated rings. The van der Waals surface area contributed by atoms with Crippen molar-refractivity contribution in [3.8, 4) is 0 Å². The fourth-order valence-corrected chi connectivity index (χ4v) is 2.93. The van der Waals surface area contributed by atoms with E-state index >= 15 is 0 Å². The van der Waals surface area contributed by atoms with Crippen molar-refractivity contribution in [1.82, 2.24) is 0 Å². The van der Waals surface area contributed by atoms with E-state index in [1.54, 1.807) is 0 Å². The van der Waals surface area contributed by atoms with E-state index in [4.69, 9.17) is 0 Å². The Morgan fingerprint density at radius 3 is 2.24 bits per heavy atom. The second kappa shape index (κ2) is 6.12. The lowest BCUT2D eigenvalue weighted by Gasteiger charge is -2.03. The maximum Gasteiger partial charge on any atom is 0.0532 e. The van der Waals surface area contributed by atoms with Gasteiger partial charge in [-0.05, 0) is 36.2 Å². The maximum atomic E-state index is 12.0. The molecule has 17 heavy (non-hydrogen) atoms. The molecule has 3 heteroatoms. The molecule has 0 saturated carbocycles. The lowest BCUT2D eigenvalue weighted by atomic mass is 10.2. The van der Waals surface area contributed by atoms with Crippen LogP contribution in [0.3, 0.4) is 0 Å². The van der Waals surface area contributed by atoms with Crippen LogP contribution in [-0.2, 0) is 17.2 Å². The monoisotopic (exact) mass is 308 g/mol. The molecule has 0 bridgehead atoms. The van der Waals surface area contributed by atoms with Gasteiger partial charge in [0.05, 0.1) is 10.8 Å². The summed E-state index contributed by atoms with van der Waals surface area (Å²) in [4.78, 5) is 0.907. The second-order valence-electron chi connectivity index (χ2n) is 3.74. The molecule has 0 amide bonds. The Balaban J connectivity index is 1.95. The van der Waals surface area contributed by atoms with Crippen LogP contribution < -0.4 is 0 Å². The van der Waals surface area contributed by atoms with E-state index in [1.807, 2.05) is 42.5 Å². The lowest BCUT2D eigenvalue weighted by Crippen LogP contribution is -2.01. The van der Waals surface area contributed by atoms with Crippen LogP contribution in [0.25, 0.3) is 0 Å². The van der Waals surface area contributed by atoms with Gasteiger partial charge in [0.1, 0.15) is 0 Å². The third-order valence-electron chi connectivity index (χ3n) is 2.50. The fourth-order valence-electron chi connectivity index (χ4n) is 1.55. The number of halogens is 1. The topological polar surface area (TPSA) is 17.1 Å². The zero-order valence-corrected chi connectivity index (χ0v) is 11.7. The van der Waals surface area contributed by atoms with Crippen LogP contribution in [0, 0.1) is 0 Å². The summed E-state index contributed by atoms with van der Waals surface area (Å²) in [6.45, 7) is 0. The molecule has 0 aliphatic rings. The van der Waals surface area contributed by atoms with Crippen molar-refractivity contribution >= 4 is 26.7 Å². The third kappa shape index (κ3) is 3.79. The highest BCUT2D eigenvalue weighted by Crippen LogP contribution is 2.12. The highest BCUT2D eigenvalue weighted by molar-refractivity contribution is 9.10. The standard InChI is InChI=1S/C14H13BrOS/c15-13-8-6-12(7-9-13)10-11-17(16)14-4-2-1-3-5-14/h1-9H,10-11H2. The van der Waals surface area contributed by atoms with Gasteiger partial charge >= 0.3 is 0 Å². The van der Waals surface area contributed by atoms with Crippen molar-refractivity contribution < 1.29 is 4.21 Å². The number of hydrogen-bond donors (Lipinski definition) is 0. The molecule has 2 rings (SSSR count). The summed E-state index contributed by atoms with van der Waals surface area (Å²) in [6.07, 6.45) is 0.842. The lowest BCUT2D eigenvalue weighted by molar-refractivity contribution is 0.682. The van der Waals surface area contributed by atoms with Gasteiger partial charge in [0, 0.05) is 15.1 Å². The first-order valence-electron chi connectivity index (χ1n) is 5.43. The van der Waals surface area contributed by atoms with Gasteiger partial charge in [-0.1, -0.05) is 46.3 Å². The molecule has 0 N–H and O–H groups in total. The van der Waals surface area contributed by atoms with E-state index in [1.165, 1.54) is 5.56 Å². The number of benzene rings is 2. The van der Waals surface area contributed by atoms with E-state index in [-0.39, 0.29) is 0 Å². The highest BCUT2D eigenvalue weighted by atomic mass is 79.9. The van der Waals surface area contributed by atoms with E-state index < -0.39 is 10.8 Å². The molecular weight excluding hydrogens is 296 g/mol. The first-order valence-corrected chi connectivity index (χ1v) is 7.55. The van der Waals surface area contributed by atoms with Crippen LogP contribution in [0.15, 0.2) is 64.0 Å². The van der Waals surface area contributed by atoms with Gasteiger partial charge in [-0.25, -0.2) is 0 Å². The van der Waals surface area contributed by atoms with Crippen LogP contribution >= 0.6 is 15.9 Å². The van der Waals surface area contributed by atoms with Crippen molar-refractivity contribution in [2.24, 2.45) is 0 Å². The van der Waals surface area contributed by atoms with E-state index in [9.17, 15) is 4.21 Å². The van der Waals surface area contributed by atoms with Gasteiger partial charge in [-0.3, -0.25) is 4.21 Å². The molecule has 2 aromatic rings. The normalized spacial score (nSPS) is 12.3. The average molecular weight is 309 g/mol. The minimum absolute atomic E-state index is 0.672. The van der Waals surface area contributed by atoms with Crippen LogP contribution in [0.1, 0.15) is 5.56 Å². The minimum atomic E-state index is -0.901. The van der Waals surface area contributed by atoms with E-state index in [0.29, 0.717) is 5.75 Å². The summed E-state index contributed by atoms with van der Waals surface area (Å²) in [5.74, 6) is 0.672. The molecule has 1 atom stereocenters. The summed E-state index contributed by atoms with van der Waals surface area (Å²) in [7, 11) is -0.901. The van der Waals surface area contributed by atoms with Crippen LogP contribution in [0.2, 0.25) is 0 Å². The summed E-state index contributed by atoms with van der Waals surface area (Å²) in [5.41, 5.74) is 1.22. The zero-order chi connectivity index (χ0) is 12.1. The van der Waals surface area contributed by atoms with Gasteiger partial charge in [-0.2, -0.15) is 0 Å². The highest BCUT2D eigenvalue weighted by Gasteiger charge is 2.03. The molecule has 0 aromatic heterocycles. The molecule has 0 spiro atoms. The largest absolute Gasteiger partial charge is 0.254 e. The van der Waals surface area contributed by atoms with Crippen molar-refractivity contribution in [3.63, 3.8) is 0 Å². The molecule has 88 valence electrons. The Kier molecular flexibility index (Phi) is 4.51. The minimum Gasteiger partial charge on any atom is -0.254 e. The van der Waals surface area contributed by atoms with Crippen molar-refractivity contribution in [3.05, 3.63) is 64.6 Å². The Morgan fingerprint density at radius 1 is 0.941 bits per heavy atom. The number of hydrogen-bond acceptors (Lipinski definition) is 1. The maximum absolute atomic E-state index is 12.0. The molecule has 0 heterocycles. The van der Waals surface area contributed by atoms with E-state index in [2.05, 4.69) is 28.1 Å². The predicted octanol–water partition coefficient (Wildman–Crippen LogP) is 3.80. The fraction of sp³-hybridized carbons (Fsp3) is 0.143. The van der Waals surface area contributed by atoms with Gasteiger partial charge in [0.15, 0.2) is 0 Å². The molecular formula is C14H13BrOS. The molecule has 1 nitrogen and oxygen atoms in total. The number of rotatable bonds is 4. The first kappa shape index (κ1) is 12.5. The van der Waals surface area contributed by atoms with Crippen LogP contribution in [0.4, 0.5) is 0 Å². The summed E-state index contributed by atoms with van der Waals surface area (Å²) in [6, 6.07) is 17.8. The SMILES string of the molecule is O=S(CCc1ccc(Br)cc1)c1ccccc1. The quantitative estimate of drug-likeness (QED) is 0.839.